The number of aromatic nitrogens is 2. The second-order valence-electron chi connectivity index (χ2n) is 7.28. The van der Waals surface area contributed by atoms with Gasteiger partial charge in [-0.2, -0.15) is 0 Å². The summed E-state index contributed by atoms with van der Waals surface area (Å²) in [6.45, 7) is 8.15. The number of hydrogen-bond donors (Lipinski definition) is 0. The fraction of sp³-hybridized carbons (Fsp3) is 0.765. The normalized spacial score (nSPS) is 28.7. The molecule has 2 aliphatic heterocycles. The van der Waals surface area contributed by atoms with Crippen LogP contribution in [0, 0.1) is 5.41 Å². The van der Waals surface area contributed by atoms with Crippen LogP contribution < -0.4 is 0 Å². The highest BCUT2D eigenvalue weighted by molar-refractivity contribution is 5.86. The van der Waals surface area contributed by atoms with Crippen molar-refractivity contribution in [2.24, 2.45) is 5.41 Å². The molecule has 0 saturated carbocycles. The van der Waals surface area contributed by atoms with E-state index in [1.54, 1.807) is 7.11 Å². The second kappa shape index (κ2) is 6.24. The van der Waals surface area contributed by atoms with Crippen LogP contribution in [0.25, 0.3) is 0 Å². The predicted octanol–water partition coefficient (Wildman–Crippen LogP) is 1.36. The molecule has 1 aromatic heterocycles. The van der Waals surface area contributed by atoms with Gasteiger partial charge in [-0.25, -0.2) is 4.98 Å². The summed E-state index contributed by atoms with van der Waals surface area (Å²) in [4.78, 5) is 22.0. The van der Waals surface area contributed by atoms with Crippen molar-refractivity contribution < 1.29 is 9.53 Å². The van der Waals surface area contributed by atoms with Gasteiger partial charge in [-0.05, 0) is 27.3 Å². The van der Waals surface area contributed by atoms with E-state index in [0.29, 0.717) is 19.2 Å². The van der Waals surface area contributed by atoms with Crippen LogP contribution in [0.3, 0.4) is 0 Å². The van der Waals surface area contributed by atoms with Crippen molar-refractivity contribution in [1.82, 2.24) is 19.4 Å². The summed E-state index contributed by atoms with van der Waals surface area (Å²) in [7, 11) is 3.79. The standard InChI is InChI=1S/C17H28N4O2/c1-13(2)21-10-15(18-12-21)14-9-19(3)11-17(14)5-6-20(16(17)22)7-8-23-4/h10,12-14H,5-9,11H2,1-4H3. The largest absolute Gasteiger partial charge is 0.383 e. The van der Waals surface area contributed by atoms with E-state index in [2.05, 4.69) is 41.5 Å². The van der Waals surface area contributed by atoms with Gasteiger partial charge in [0.15, 0.2) is 0 Å². The number of carbonyl (C=O) groups excluding carboxylic acids is 1. The number of amides is 1. The number of likely N-dealkylation sites (tertiary alicyclic amines) is 2. The lowest BCUT2D eigenvalue weighted by Gasteiger charge is -2.28. The molecule has 0 radical (unpaired) electrons. The summed E-state index contributed by atoms with van der Waals surface area (Å²) in [5.74, 6) is 0.468. The summed E-state index contributed by atoms with van der Waals surface area (Å²) >= 11 is 0. The summed E-state index contributed by atoms with van der Waals surface area (Å²) in [6, 6.07) is 0.392. The number of carbonyl (C=O) groups is 1. The van der Waals surface area contributed by atoms with E-state index in [9.17, 15) is 4.79 Å². The highest BCUT2D eigenvalue weighted by Crippen LogP contribution is 2.49. The Morgan fingerprint density at radius 2 is 2.26 bits per heavy atom. The summed E-state index contributed by atoms with van der Waals surface area (Å²) in [6.07, 6.45) is 4.94. The van der Waals surface area contributed by atoms with E-state index in [-0.39, 0.29) is 17.2 Å². The van der Waals surface area contributed by atoms with Gasteiger partial charge in [-0.3, -0.25) is 4.79 Å². The lowest BCUT2D eigenvalue weighted by molar-refractivity contribution is -0.136. The average Bonchev–Trinajstić information content (AvgIpc) is 3.18. The molecule has 2 fully saturated rings. The summed E-state index contributed by atoms with van der Waals surface area (Å²) < 4.78 is 7.27. The molecule has 1 aromatic rings. The van der Waals surface area contributed by atoms with Gasteiger partial charge in [0.05, 0.1) is 24.0 Å². The number of ether oxygens (including phenoxy) is 1. The Balaban J connectivity index is 1.86. The highest BCUT2D eigenvalue weighted by Gasteiger charge is 2.56. The predicted molar refractivity (Wildman–Crippen MR) is 88.4 cm³/mol. The van der Waals surface area contributed by atoms with Gasteiger partial charge >= 0.3 is 0 Å². The van der Waals surface area contributed by atoms with Gasteiger partial charge in [-0.15, -0.1) is 0 Å². The first-order valence-electron chi connectivity index (χ1n) is 8.48. The number of rotatable bonds is 5. The van der Waals surface area contributed by atoms with Crippen LogP contribution in [0.2, 0.25) is 0 Å². The lowest BCUT2D eigenvalue weighted by atomic mass is 9.75. The number of nitrogens with zero attached hydrogens (tertiary/aromatic N) is 4. The van der Waals surface area contributed by atoms with Crippen LogP contribution in [0.15, 0.2) is 12.5 Å². The van der Waals surface area contributed by atoms with Crippen LogP contribution in [0.4, 0.5) is 0 Å². The molecule has 0 bridgehead atoms. The maximum atomic E-state index is 13.1. The molecule has 3 rings (SSSR count). The van der Waals surface area contributed by atoms with Crippen LogP contribution in [0.5, 0.6) is 0 Å². The van der Waals surface area contributed by atoms with Crippen LogP contribution in [-0.2, 0) is 9.53 Å². The molecule has 23 heavy (non-hydrogen) atoms. The van der Waals surface area contributed by atoms with Crippen molar-refractivity contribution in [3.8, 4) is 0 Å². The molecule has 2 atom stereocenters. The molecule has 3 heterocycles. The Morgan fingerprint density at radius 1 is 1.48 bits per heavy atom. The topological polar surface area (TPSA) is 50.6 Å². The van der Waals surface area contributed by atoms with Crippen molar-refractivity contribution >= 4 is 5.91 Å². The summed E-state index contributed by atoms with van der Waals surface area (Å²) in [5.41, 5.74) is 0.753. The van der Waals surface area contributed by atoms with E-state index < -0.39 is 0 Å². The van der Waals surface area contributed by atoms with E-state index in [1.807, 2.05) is 11.2 Å². The first-order chi connectivity index (χ1) is 11.0. The third kappa shape index (κ3) is 2.78. The van der Waals surface area contributed by atoms with E-state index in [0.717, 1.165) is 31.7 Å². The Morgan fingerprint density at radius 3 is 2.91 bits per heavy atom. The fourth-order valence-corrected chi connectivity index (χ4v) is 4.08. The minimum Gasteiger partial charge on any atom is -0.383 e. The minimum atomic E-state index is -0.307. The van der Waals surface area contributed by atoms with Crippen molar-refractivity contribution in [1.29, 1.82) is 0 Å². The Hall–Kier alpha value is -1.40. The summed E-state index contributed by atoms with van der Waals surface area (Å²) in [5, 5.41) is 0. The highest BCUT2D eigenvalue weighted by atomic mass is 16.5. The quantitative estimate of drug-likeness (QED) is 0.822. The lowest BCUT2D eigenvalue weighted by Crippen LogP contribution is -2.40. The molecule has 1 amide bonds. The van der Waals surface area contributed by atoms with Crippen molar-refractivity contribution in [3.05, 3.63) is 18.2 Å². The zero-order valence-corrected chi connectivity index (χ0v) is 14.7. The van der Waals surface area contributed by atoms with E-state index in [1.165, 1.54) is 0 Å². The minimum absolute atomic E-state index is 0.188. The number of likely N-dealkylation sites (N-methyl/N-ethyl adjacent to an activating group) is 1. The fourth-order valence-electron chi connectivity index (χ4n) is 4.08. The molecule has 6 heteroatoms. The SMILES string of the molecule is COCCN1CCC2(CN(C)CC2c2cn(C(C)C)cn2)C1=O. The van der Waals surface area contributed by atoms with E-state index in [4.69, 9.17) is 4.74 Å². The maximum Gasteiger partial charge on any atom is 0.230 e. The number of hydrogen-bond acceptors (Lipinski definition) is 4. The van der Waals surface area contributed by atoms with Crippen molar-refractivity contribution in [3.63, 3.8) is 0 Å². The van der Waals surface area contributed by atoms with Crippen LogP contribution in [0.1, 0.15) is 37.9 Å². The molecule has 2 unspecified atom stereocenters. The molecule has 1 spiro atoms. The Kier molecular flexibility index (Phi) is 4.47. The number of methoxy groups -OCH3 is 1. The van der Waals surface area contributed by atoms with Gasteiger partial charge in [-0.1, -0.05) is 0 Å². The first-order valence-corrected chi connectivity index (χ1v) is 8.48. The molecular formula is C17H28N4O2. The number of imidazole rings is 1. The van der Waals surface area contributed by atoms with Crippen LogP contribution in [-0.4, -0.2) is 72.2 Å². The van der Waals surface area contributed by atoms with Gasteiger partial charge in [0.25, 0.3) is 0 Å². The smallest absolute Gasteiger partial charge is 0.230 e. The molecule has 2 aliphatic rings. The van der Waals surface area contributed by atoms with Gasteiger partial charge in [0.2, 0.25) is 5.91 Å². The van der Waals surface area contributed by atoms with Gasteiger partial charge in [0.1, 0.15) is 0 Å². The zero-order valence-electron chi connectivity index (χ0n) is 14.7. The molecule has 6 nitrogen and oxygen atoms in total. The van der Waals surface area contributed by atoms with Crippen molar-refractivity contribution in [2.45, 2.75) is 32.2 Å². The molecule has 0 N–H and O–H groups in total. The Labute approximate surface area is 138 Å². The van der Waals surface area contributed by atoms with Gasteiger partial charge in [0, 0.05) is 51.4 Å². The zero-order chi connectivity index (χ0) is 16.6. The van der Waals surface area contributed by atoms with Crippen LogP contribution >= 0.6 is 0 Å². The maximum absolute atomic E-state index is 13.1. The first kappa shape index (κ1) is 16.5. The molecular weight excluding hydrogens is 292 g/mol. The second-order valence-corrected chi connectivity index (χ2v) is 7.28. The Bertz CT molecular complexity index is 571. The molecule has 128 valence electrons. The monoisotopic (exact) mass is 320 g/mol. The molecule has 0 aliphatic carbocycles. The third-order valence-corrected chi connectivity index (χ3v) is 5.39. The molecule has 0 aromatic carbocycles. The molecule has 2 saturated heterocycles. The van der Waals surface area contributed by atoms with Crippen molar-refractivity contribution in [2.75, 3.05) is 46.9 Å². The van der Waals surface area contributed by atoms with E-state index >= 15 is 0 Å². The van der Waals surface area contributed by atoms with Gasteiger partial charge < -0.3 is 19.1 Å². The third-order valence-electron chi connectivity index (χ3n) is 5.39. The average molecular weight is 320 g/mol.